The maximum Gasteiger partial charge on any atom is 0.335 e. The highest BCUT2D eigenvalue weighted by Crippen LogP contribution is 2.42. The number of carboxylic acid groups (broad SMARTS) is 1. The molecule has 0 unspecified atom stereocenters. The van der Waals surface area contributed by atoms with Crippen molar-refractivity contribution in [2.24, 2.45) is 0 Å². The molecule has 1 saturated carbocycles. The molecule has 0 bridgehead atoms. The molecule has 4 nitrogen and oxygen atoms in total. The second kappa shape index (κ2) is 3.83. The van der Waals surface area contributed by atoms with Crippen molar-refractivity contribution in [2.45, 2.75) is 45.1 Å². The smallest absolute Gasteiger partial charge is 0.335 e. The first-order chi connectivity index (χ1) is 8.88. The quantitative estimate of drug-likeness (QED) is 0.898. The van der Waals surface area contributed by atoms with Crippen molar-refractivity contribution in [3.63, 3.8) is 0 Å². The van der Waals surface area contributed by atoms with Gasteiger partial charge in [0.25, 0.3) is 0 Å². The van der Waals surface area contributed by atoms with Crippen molar-refractivity contribution in [3.8, 4) is 0 Å². The van der Waals surface area contributed by atoms with E-state index in [1.165, 1.54) is 12.8 Å². The maximum absolute atomic E-state index is 11.0. The van der Waals surface area contributed by atoms with E-state index in [4.69, 9.17) is 5.11 Å². The van der Waals surface area contributed by atoms with Gasteiger partial charge in [-0.3, -0.25) is 0 Å². The van der Waals surface area contributed by atoms with Gasteiger partial charge in [0.15, 0.2) is 0 Å². The number of fused-ring (bicyclic) bond motifs is 1. The van der Waals surface area contributed by atoms with E-state index in [1.807, 2.05) is 6.07 Å². The van der Waals surface area contributed by atoms with Crippen LogP contribution in [0.3, 0.4) is 0 Å². The Balaban J connectivity index is 2.26. The second-order valence-electron chi connectivity index (χ2n) is 6.26. The Labute approximate surface area is 112 Å². The fourth-order valence-electron chi connectivity index (χ4n) is 2.55. The van der Waals surface area contributed by atoms with Gasteiger partial charge in [-0.1, -0.05) is 0 Å². The van der Waals surface area contributed by atoms with Crippen LogP contribution in [0, 0.1) is 0 Å². The molecule has 4 heteroatoms. The monoisotopic (exact) mass is 258 g/mol. The normalized spacial score (nSPS) is 15.9. The molecule has 1 aromatic carbocycles. The van der Waals surface area contributed by atoms with Crippen LogP contribution in [0.15, 0.2) is 18.2 Å². The number of hydrogen-bond donors (Lipinski definition) is 1. The summed E-state index contributed by atoms with van der Waals surface area (Å²) in [7, 11) is 0. The van der Waals surface area contributed by atoms with Gasteiger partial charge < -0.3 is 9.67 Å². The lowest BCUT2D eigenvalue weighted by atomic mass is 10.1. The van der Waals surface area contributed by atoms with Crippen molar-refractivity contribution in [2.75, 3.05) is 0 Å². The molecule has 1 aliphatic rings. The first-order valence-electron chi connectivity index (χ1n) is 6.64. The highest BCUT2D eigenvalue weighted by atomic mass is 16.4. The predicted octanol–water partition coefficient (Wildman–Crippen LogP) is 3.37. The standard InChI is InChI=1S/C15H18N2O2/c1-15(2,3)17-12-7-6-10(14(18)19)8-11(12)16-13(17)9-4-5-9/h6-9H,4-5H2,1-3H3,(H,18,19). The SMILES string of the molecule is CC(C)(C)n1c(C2CC2)nc2cc(C(=O)O)ccc21. The largest absolute Gasteiger partial charge is 0.478 e. The number of nitrogens with zero attached hydrogens (tertiary/aromatic N) is 2. The first-order valence-corrected chi connectivity index (χ1v) is 6.64. The molecule has 0 aliphatic heterocycles. The molecule has 0 saturated heterocycles. The molecule has 0 atom stereocenters. The predicted molar refractivity (Wildman–Crippen MR) is 73.7 cm³/mol. The van der Waals surface area contributed by atoms with Crippen LogP contribution >= 0.6 is 0 Å². The van der Waals surface area contributed by atoms with Crippen molar-refractivity contribution in [3.05, 3.63) is 29.6 Å². The third kappa shape index (κ3) is 2.01. The molecular formula is C15H18N2O2. The molecule has 1 aliphatic carbocycles. The minimum atomic E-state index is -0.903. The minimum Gasteiger partial charge on any atom is -0.478 e. The fraction of sp³-hybridized carbons (Fsp3) is 0.467. The van der Waals surface area contributed by atoms with Gasteiger partial charge in [-0.05, 0) is 51.8 Å². The number of carbonyl (C=O) groups is 1. The van der Waals surface area contributed by atoms with Crippen molar-refractivity contribution in [1.82, 2.24) is 9.55 Å². The van der Waals surface area contributed by atoms with Gasteiger partial charge in [0, 0.05) is 11.5 Å². The third-order valence-electron chi connectivity index (χ3n) is 3.54. The number of aromatic nitrogens is 2. The van der Waals surface area contributed by atoms with Crippen molar-refractivity contribution < 1.29 is 9.90 Å². The van der Waals surface area contributed by atoms with Gasteiger partial charge in [0.05, 0.1) is 16.6 Å². The number of benzene rings is 1. The van der Waals surface area contributed by atoms with Gasteiger partial charge in [0.2, 0.25) is 0 Å². The molecule has 100 valence electrons. The van der Waals surface area contributed by atoms with E-state index in [2.05, 4.69) is 30.3 Å². The van der Waals surface area contributed by atoms with Crippen LogP contribution in [0.4, 0.5) is 0 Å². The first kappa shape index (κ1) is 12.2. The lowest BCUT2D eigenvalue weighted by Crippen LogP contribution is -2.23. The third-order valence-corrected chi connectivity index (χ3v) is 3.54. The number of imidazole rings is 1. The molecule has 1 fully saturated rings. The Hall–Kier alpha value is -1.84. The van der Waals surface area contributed by atoms with Crippen molar-refractivity contribution >= 4 is 17.0 Å². The highest BCUT2D eigenvalue weighted by molar-refractivity contribution is 5.92. The zero-order valence-electron chi connectivity index (χ0n) is 11.5. The van der Waals surface area contributed by atoms with Gasteiger partial charge in [-0.15, -0.1) is 0 Å². The lowest BCUT2D eigenvalue weighted by Gasteiger charge is -2.24. The topological polar surface area (TPSA) is 55.1 Å². The average Bonchev–Trinajstić information content (AvgIpc) is 3.06. The number of rotatable bonds is 2. The lowest BCUT2D eigenvalue weighted by molar-refractivity contribution is 0.0697. The van der Waals surface area contributed by atoms with Crippen LogP contribution in [-0.4, -0.2) is 20.6 Å². The summed E-state index contributed by atoms with van der Waals surface area (Å²) in [6, 6.07) is 5.21. The molecule has 0 radical (unpaired) electrons. The Bertz CT molecular complexity index is 661. The molecule has 3 rings (SSSR count). The van der Waals surface area contributed by atoms with Crippen LogP contribution in [-0.2, 0) is 5.54 Å². The van der Waals surface area contributed by atoms with Gasteiger partial charge >= 0.3 is 5.97 Å². The highest BCUT2D eigenvalue weighted by Gasteiger charge is 2.32. The van der Waals surface area contributed by atoms with Gasteiger partial charge in [-0.25, -0.2) is 9.78 Å². The summed E-state index contributed by atoms with van der Waals surface area (Å²) < 4.78 is 2.26. The summed E-state index contributed by atoms with van der Waals surface area (Å²) >= 11 is 0. The Kier molecular flexibility index (Phi) is 2.46. The number of aromatic carboxylic acids is 1. The fourth-order valence-corrected chi connectivity index (χ4v) is 2.55. The van der Waals surface area contributed by atoms with Crippen LogP contribution in [0.25, 0.3) is 11.0 Å². The summed E-state index contributed by atoms with van der Waals surface area (Å²) in [6.45, 7) is 6.47. The van der Waals surface area contributed by atoms with Crippen LogP contribution < -0.4 is 0 Å². The van der Waals surface area contributed by atoms with E-state index in [-0.39, 0.29) is 5.54 Å². The molecule has 1 aromatic heterocycles. The summed E-state index contributed by atoms with van der Waals surface area (Å²) in [5.41, 5.74) is 2.07. The van der Waals surface area contributed by atoms with Crippen LogP contribution in [0.2, 0.25) is 0 Å². The number of hydrogen-bond acceptors (Lipinski definition) is 2. The Morgan fingerprint density at radius 1 is 1.37 bits per heavy atom. The molecule has 1 N–H and O–H groups in total. The molecular weight excluding hydrogens is 240 g/mol. The molecule has 2 aromatic rings. The molecule has 19 heavy (non-hydrogen) atoms. The Morgan fingerprint density at radius 3 is 2.58 bits per heavy atom. The van der Waals surface area contributed by atoms with Gasteiger partial charge in [-0.2, -0.15) is 0 Å². The molecule has 0 spiro atoms. The summed E-state index contributed by atoms with van der Waals surface area (Å²) in [5, 5.41) is 9.07. The van der Waals surface area contributed by atoms with E-state index in [1.54, 1.807) is 12.1 Å². The summed E-state index contributed by atoms with van der Waals surface area (Å²) in [4.78, 5) is 15.7. The second-order valence-corrected chi connectivity index (χ2v) is 6.26. The van der Waals surface area contributed by atoms with E-state index in [0.717, 1.165) is 16.9 Å². The molecule has 1 heterocycles. The summed E-state index contributed by atoms with van der Waals surface area (Å²) in [6.07, 6.45) is 2.37. The van der Waals surface area contributed by atoms with Crippen molar-refractivity contribution in [1.29, 1.82) is 0 Å². The van der Waals surface area contributed by atoms with E-state index in [9.17, 15) is 4.79 Å². The average molecular weight is 258 g/mol. The zero-order valence-corrected chi connectivity index (χ0v) is 11.5. The Morgan fingerprint density at radius 2 is 2.05 bits per heavy atom. The summed E-state index contributed by atoms with van der Waals surface area (Å²) in [5.74, 6) is 0.741. The van der Waals surface area contributed by atoms with E-state index >= 15 is 0 Å². The zero-order chi connectivity index (χ0) is 13.8. The van der Waals surface area contributed by atoms with Crippen LogP contribution in [0.1, 0.15) is 55.7 Å². The molecule has 0 amide bonds. The minimum absolute atomic E-state index is 0.0442. The van der Waals surface area contributed by atoms with Gasteiger partial charge in [0.1, 0.15) is 5.82 Å². The number of carboxylic acids is 1. The van der Waals surface area contributed by atoms with E-state index in [0.29, 0.717) is 11.5 Å². The van der Waals surface area contributed by atoms with Crippen LogP contribution in [0.5, 0.6) is 0 Å². The maximum atomic E-state index is 11.0. The van der Waals surface area contributed by atoms with E-state index < -0.39 is 5.97 Å².